The van der Waals surface area contributed by atoms with Crippen LogP contribution in [0.1, 0.15) is 38.7 Å². The van der Waals surface area contributed by atoms with Gasteiger partial charge in [-0.25, -0.2) is 0 Å². The van der Waals surface area contributed by atoms with E-state index in [0.29, 0.717) is 6.54 Å². The number of carbonyl (C=O) groups is 1. The highest BCUT2D eigenvalue weighted by Crippen LogP contribution is 2.32. The Hall–Kier alpha value is -2.22. The number of nitrogens with zero attached hydrogens (tertiary/aromatic N) is 3. The third-order valence-corrected chi connectivity index (χ3v) is 5.23. The summed E-state index contributed by atoms with van der Waals surface area (Å²) in [5.41, 5.74) is 0.975. The maximum Gasteiger partial charge on any atom is 0.233 e. The van der Waals surface area contributed by atoms with Gasteiger partial charge < -0.3 is 19.4 Å². The van der Waals surface area contributed by atoms with E-state index in [1.54, 1.807) is 6.33 Å². The minimum Gasteiger partial charge on any atom is -0.454 e. The Balaban J connectivity index is 1.50. The van der Waals surface area contributed by atoms with Crippen molar-refractivity contribution >= 4 is 17.7 Å². The van der Waals surface area contributed by atoms with E-state index in [2.05, 4.69) is 22.4 Å². The smallest absolute Gasteiger partial charge is 0.233 e. The van der Waals surface area contributed by atoms with Crippen LogP contribution in [0.2, 0.25) is 0 Å². The van der Waals surface area contributed by atoms with Crippen molar-refractivity contribution in [1.82, 2.24) is 20.1 Å². The van der Waals surface area contributed by atoms with Crippen molar-refractivity contribution in [2.75, 3.05) is 6.79 Å². The van der Waals surface area contributed by atoms with Crippen molar-refractivity contribution in [2.24, 2.45) is 0 Å². The van der Waals surface area contributed by atoms with Gasteiger partial charge in [-0.05, 0) is 31.0 Å². The first kappa shape index (κ1) is 18.6. The normalized spacial score (nSPS) is 13.6. The number of nitrogens with one attached hydrogen (secondary N) is 1. The second-order valence-electron chi connectivity index (χ2n) is 6.18. The maximum absolute atomic E-state index is 12.4. The van der Waals surface area contributed by atoms with Crippen molar-refractivity contribution in [2.45, 2.75) is 56.6 Å². The van der Waals surface area contributed by atoms with E-state index in [9.17, 15) is 4.79 Å². The van der Waals surface area contributed by atoms with Gasteiger partial charge >= 0.3 is 0 Å². The first-order valence-electron chi connectivity index (χ1n) is 8.88. The first-order chi connectivity index (χ1) is 12.7. The van der Waals surface area contributed by atoms with Crippen LogP contribution in [-0.2, 0) is 17.9 Å². The summed E-state index contributed by atoms with van der Waals surface area (Å²) in [6, 6.07) is 5.68. The van der Waals surface area contributed by atoms with Crippen molar-refractivity contribution in [1.29, 1.82) is 0 Å². The quantitative estimate of drug-likeness (QED) is 0.535. The van der Waals surface area contributed by atoms with Gasteiger partial charge in [0.25, 0.3) is 0 Å². The maximum atomic E-state index is 12.4. The molecule has 140 valence electrons. The molecule has 2 aromatic rings. The number of benzene rings is 1. The number of ether oxygens (including phenoxy) is 2. The molecule has 0 bridgehead atoms. The highest BCUT2D eigenvalue weighted by atomic mass is 32.2. The molecule has 7 nitrogen and oxygen atoms in total. The van der Waals surface area contributed by atoms with Crippen LogP contribution in [0.3, 0.4) is 0 Å². The number of thioether (sulfide) groups is 1. The summed E-state index contributed by atoms with van der Waals surface area (Å²) >= 11 is 1.43. The molecule has 0 radical (unpaired) electrons. The van der Waals surface area contributed by atoms with Crippen LogP contribution in [0, 0.1) is 0 Å². The molecule has 0 fully saturated rings. The second-order valence-corrected chi connectivity index (χ2v) is 7.49. The predicted octanol–water partition coefficient (Wildman–Crippen LogP) is 2.99. The zero-order valence-corrected chi connectivity index (χ0v) is 15.9. The zero-order chi connectivity index (χ0) is 18.4. The number of carbonyl (C=O) groups excluding carboxylic acids is 1. The van der Waals surface area contributed by atoms with Gasteiger partial charge in [-0.1, -0.05) is 37.6 Å². The van der Waals surface area contributed by atoms with Gasteiger partial charge in [0.2, 0.25) is 12.7 Å². The lowest BCUT2D eigenvalue weighted by Gasteiger charge is -2.12. The minimum absolute atomic E-state index is 0.0317. The lowest BCUT2D eigenvalue weighted by Crippen LogP contribution is -2.30. The van der Waals surface area contributed by atoms with E-state index in [0.717, 1.165) is 35.2 Å². The van der Waals surface area contributed by atoms with Crippen LogP contribution in [0.25, 0.3) is 0 Å². The molecule has 1 amide bonds. The van der Waals surface area contributed by atoms with E-state index < -0.39 is 0 Å². The number of rotatable bonds is 9. The molecular formula is C18H24N4O3S. The van der Waals surface area contributed by atoms with E-state index in [1.807, 2.05) is 29.7 Å². The Morgan fingerprint density at radius 2 is 2.19 bits per heavy atom. The van der Waals surface area contributed by atoms with Crippen molar-refractivity contribution in [3.8, 4) is 11.5 Å². The summed E-state index contributed by atoms with van der Waals surface area (Å²) in [4.78, 5) is 12.4. The number of aromatic nitrogens is 3. The minimum atomic E-state index is -0.252. The van der Waals surface area contributed by atoms with Gasteiger partial charge in [0.15, 0.2) is 16.7 Å². The number of hydrogen-bond acceptors (Lipinski definition) is 6. The molecule has 1 aromatic carbocycles. The average Bonchev–Trinajstić information content (AvgIpc) is 3.28. The number of aryl methyl sites for hydroxylation is 1. The molecule has 3 rings (SSSR count). The second kappa shape index (κ2) is 8.93. The Labute approximate surface area is 157 Å². The molecule has 0 saturated heterocycles. The molecule has 0 saturated carbocycles. The molecule has 26 heavy (non-hydrogen) atoms. The third kappa shape index (κ3) is 4.69. The van der Waals surface area contributed by atoms with Crippen LogP contribution in [0.5, 0.6) is 11.5 Å². The number of fused-ring (bicyclic) bond motifs is 1. The van der Waals surface area contributed by atoms with Crippen LogP contribution in [0.15, 0.2) is 29.7 Å². The molecular weight excluding hydrogens is 352 g/mol. The number of unbranched alkanes of at least 4 members (excludes halogenated alkanes) is 2. The van der Waals surface area contributed by atoms with E-state index in [4.69, 9.17) is 9.47 Å². The van der Waals surface area contributed by atoms with Gasteiger partial charge in [-0.3, -0.25) is 4.79 Å². The van der Waals surface area contributed by atoms with Crippen LogP contribution in [0.4, 0.5) is 0 Å². The monoisotopic (exact) mass is 376 g/mol. The SMILES string of the molecule is CCCCCn1cnnc1S[C@H](C)C(=O)NCc1ccc2c(c1)OCO2. The molecule has 1 aliphatic rings. The summed E-state index contributed by atoms with van der Waals surface area (Å²) in [5, 5.41) is 11.6. The standard InChI is InChI=1S/C18H24N4O3S/c1-3-4-5-8-22-11-20-21-18(22)26-13(2)17(23)19-10-14-6-7-15-16(9-14)25-12-24-15/h6-7,9,11,13H,3-5,8,10,12H2,1-2H3,(H,19,23)/t13-/m1/s1. The Bertz CT molecular complexity index is 750. The van der Waals surface area contributed by atoms with Gasteiger partial charge in [-0.15, -0.1) is 10.2 Å². The molecule has 8 heteroatoms. The van der Waals surface area contributed by atoms with E-state index >= 15 is 0 Å². The summed E-state index contributed by atoms with van der Waals surface area (Å²) in [6.45, 7) is 5.63. The Kier molecular flexibility index (Phi) is 6.38. The first-order valence-corrected chi connectivity index (χ1v) is 9.76. The lowest BCUT2D eigenvalue weighted by atomic mass is 10.2. The summed E-state index contributed by atoms with van der Waals surface area (Å²) in [5.74, 6) is 1.43. The fourth-order valence-electron chi connectivity index (χ4n) is 2.62. The number of amides is 1. The van der Waals surface area contributed by atoms with Crippen LogP contribution in [-0.4, -0.2) is 32.7 Å². The fraction of sp³-hybridized carbons (Fsp3) is 0.500. The Morgan fingerprint density at radius 3 is 3.04 bits per heavy atom. The average molecular weight is 376 g/mol. The summed E-state index contributed by atoms with van der Waals surface area (Å²) < 4.78 is 12.7. The highest BCUT2D eigenvalue weighted by molar-refractivity contribution is 8.00. The Morgan fingerprint density at radius 1 is 1.35 bits per heavy atom. The number of hydrogen-bond donors (Lipinski definition) is 1. The lowest BCUT2D eigenvalue weighted by molar-refractivity contribution is -0.120. The van der Waals surface area contributed by atoms with Crippen LogP contribution >= 0.6 is 11.8 Å². The summed E-state index contributed by atoms with van der Waals surface area (Å²) in [6.07, 6.45) is 5.17. The molecule has 2 heterocycles. The van der Waals surface area contributed by atoms with Crippen molar-refractivity contribution in [3.63, 3.8) is 0 Å². The molecule has 1 aliphatic heterocycles. The molecule has 0 unspecified atom stereocenters. The topological polar surface area (TPSA) is 78.3 Å². The van der Waals surface area contributed by atoms with Crippen LogP contribution < -0.4 is 14.8 Å². The zero-order valence-electron chi connectivity index (χ0n) is 15.1. The van der Waals surface area contributed by atoms with Gasteiger partial charge in [0.05, 0.1) is 5.25 Å². The van der Waals surface area contributed by atoms with Crippen molar-refractivity contribution < 1.29 is 14.3 Å². The molecule has 1 atom stereocenters. The van der Waals surface area contributed by atoms with E-state index in [-0.39, 0.29) is 18.0 Å². The third-order valence-electron chi connectivity index (χ3n) is 4.14. The predicted molar refractivity (Wildman–Crippen MR) is 99.3 cm³/mol. The van der Waals surface area contributed by atoms with Gasteiger partial charge in [-0.2, -0.15) is 0 Å². The molecule has 1 N–H and O–H groups in total. The molecule has 1 aromatic heterocycles. The fourth-order valence-corrected chi connectivity index (χ4v) is 3.49. The van der Waals surface area contributed by atoms with E-state index in [1.165, 1.54) is 24.6 Å². The molecule has 0 spiro atoms. The largest absolute Gasteiger partial charge is 0.454 e. The van der Waals surface area contributed by atoms with Gasteiger partial charge in [0.1, 0.15) is 6.33 Å². The molecule has 0 aliphatic carbocycles. The summed E-state index contributed by atoms with van der Waals surface area (Å²) in [7, 11) is 0. The van der Waals surface area contributed by atoms with Crippen molar-refractivity contribution in [3.05, 3.63) is 30.1 Å². The van der Waals surface area contributed by atoms with Gasteiger partial charge in [0, 0.05) is 13.1 Å². The highest BCUT2D eigenvalue weighted by Gasteiger charge is 2.18.